The Hall–Kier alpha value is -2.88. The van der Waals surface area contributed by atoms with Gasteiger partial charge in [-0.2, -0.15) is 4.98 Å². The van der Waals surface area contributed by atoms with Gasteiger partial charge in [0, 0.05) is 35.8 Å². The van der Waals surface area contributed by atoms with Crippen LogP contribution in [0, 0.1) is 5.41 Å². The van der Waals surface area contributed by atoms with E-state index in [9.17, 15) is 0 Å². The molecule has 2 aliphatic carbocycles. The number of nitrogens with two attached hydrogens (primary N) is 1. The average Bonchev–Trinajstić information content (AvgIpc) is 3.57. The summed E-state index contributed by atoms with van der Waals surface area (Å²) in [5, 5.41) is 4.76. The number of halogens is 1. The zero-order valence-corrected chi connectivity index (χ0v) is 22.2. The van der Waals surface area contributed by atoms with Gasteiger partial charge in [-0.25, -0.2) is 15.0 Å². The van der Waals surface area contributed by atoms with E-state index in [1.165, 1.54) is 22.9 Å². The first-order valence-electron chi connectivity index (χ1n) is 12.9. The third-order valence-corrected chi connectivity index (χ3v) is 9.85. The van der Waals surface area contributed by atoms with Crippen molar-refractivity contribution in [2.45, 2.75) is 60.5 Å². The lowest BCUT2D eigenvalue weighted by atomic mass is 9.65. The van der Waals surface area contributed by atoms with Crippen LogP contribution in [0.4, 0.5) is 11.8 Å². The predicted octanol–water partition coefficient (Wildman–Crippen LogP) is 5.14. The van der Waals surface area contributed by atoms with E-state index < -0.39 is 0 Å². The smallest absolute Gasteiger partial charge is 0.206 e. The number of aromatic nitrogens is 5. The summed E-state index contributed by atoms with van der Waals surface area (Å²) in [5.41, 5.74) is 10.7. The van der Waals surface area contributed by atoms with Gasteiger partial charge in [0.25, 0.3) is 0 Å². The van der Waals surface area contributed by atoms with Crippen molar-refractivity contribution >= 4 is 46.4 Å². The number of anilines is 2. The molecule has 3 aliphatic rings. The molecule has 2 fully saturated rings. The zero-order valence-electron chi connectivity index (χ0n) is 20.7. The van der Waals surface area contributed by atoms with Crippen molar-refractivity contribution < 1.29 is 0 Å². The Kier molecular flexibility index (Phi) is 5.39. The minimum absolute atomic E-state index is 0.0799. The summed E-state index contributed by atoms with van der Waals surface area (Å²) in [4.78, 5) is 25.1. The second-order valence-electron chi connectivity index (χ2n) is 10.7. The third-order valence-electron chi connectivity index (χ3n) is 8.39. The van der Waals surface area contributed by atoms with Gasteiger partial charge in [0.2, 0.25) is 5.95 Å². The molecule has 1 spiro atoms. The highest BCUT2D eigenvalue weighted by Crippen LogP contribution is 2.54. The minimum Gasteiger partial charge on any atom is -0.366 e. The number of fused-ring (bicyclic) bond motifs is 2. The Morgan fingerprint density at radius 3 is 2.73 bits per heavy atom. The molecule has 190 valence electrons. The first kappa shape index (κ1) is 23.3. The van der Waals surface area contributed by atoms with Crippen molar-refractivity contribution in [3.63, 3.8) is 0 Å². The van der Waals surface area contributed by atoms with E-state index in [1.807, 2.05) is 6.07 Å². The molecular weight excluding hydrogens is 504 g/mol. The van der Waals surface area contributed by atoms with E-state index in [0.717, 1.165) is 66.9 Å². The molecule has 10 heteroatoms. The molecule has 4 heterocycles. The largest absolute Gasteiger partial charge is 0.366 e. The molecule has 8 nitrogen and oxygen atoms in total. The molecule has 7 rings (SSSR count). The van der Waals surface area contributed by atoms with Gasteiger partial charge in [0.15, 0.2) is 11.3 Å². The highest BCUT2D eigenvalue weighted by molar-refractivity contribution is 7.99. The van der Waals surface area contributed by atoms with Crippen molar-refractivity contribution in [2.75, 3.05) is 23.3 Å². The van der Waals surface area contributed by atoms with Crippen LogP contribution < -0.4 is 16.0 Å². The second-order valence-corrected chi connectivity index (χ2v) is 12.2. The number of benzene rings is 1. The van der Waals surface area contributed by atoms with Gasteiger partial charge < -0.3 is 20.9 Å². The Bertz CT molecular complexity index is 1490. The molecule has 0 radical (unpaired) electrons. The number of nitrogens with one attached hydrogen (secondary N) is 2. The van der Waals surface area contributed by atoms with Gasteiger partial charge in [-0.15, -0.1) is 0 Å². The fourth-order valence-electron chi connectivity index (χ4n) is 5.96. The Morgan fingerprint density at radius 2 is 1.95 bits per heavy atom. The summed E-state index contributed by atoms with van der Waals surface area (Å²) in [6.07, 6.45) is 8.94. The van der Waals surface area contributed by atoms with Gasteiger partial charge in [-0.05, 0) is 61.6 Å². The first-order chi connectivity index (χ1) is 17.9. The topological polar surface area (TPSA) is 109 Å². The number of piperidine rings is 1. The van der Waals surface area contributed by atoms with E-state index in [2.05, 4.69) is 56.4 Å². The fourth-order valence-corrected chi connectivity index (χ4v) is 7.03. The van der Waals surface area contributed by atoms with Crippen LogP contribution in [0.1, 0.15) is 43.7 Å². The number of H-pyrrole nitrogens is 1. The van der Waals surface area contributed by atoms with E-state index in [4.69, 9.17) is 27.3 Å². The van der Waals surface area contributed by atoms with Gasteiger partial charge in [-0.3, -0.25) is 0 Å². The van der Waals surface area contributed by atoms with Gasteiger partial charge in [-0.1, -0.05) is 47.6 Å². The Labute approximate surface area is 224 Å². The Morgan fingerprint density at radius 1 is 1.14 bits per heavy atom. The normalized spacial score (nSPS) is 22.5. The molecule has 0 unspecified atom stereocenters. The van der Waals surface area contributed by atoms with E-state index in [0.29, 0.717) is 22.4 Å². The monoisotopic (exact) mass is 532 g/mol. The summed E-state index contributed by atoms with van der Waals surface area (Å²) >= 11 is 8.11. The molecule has 1 aliphatic heterocycles. The maximum absolute atomic E-state index is 6.99. The molecule has 1 aromatic carbocycles. The van der Waals surface area contributed by atoms with Crippen molar-refractivity contribution in [2.24, 2.45) is 11.1 Å². The molecule has 0 bridgehead atoms. The number of pyridine rings is 1. The standard InChI is InChI=1S/C27H29ClN8S/c1-26(29)18-5-3-2-4-16(18)14-27(26)9-12-36(13-10-27)25-34-23-24(35-25)33-20(15-31-23)37-19-8-11-30-22(21(19)28)32-17-6-7-17/h2-5,8,11,15,17H,6-7,9-10,12-14,29H2,1H3,(H,30,32)(H,31,33,34,35)/t26-/m1/s1. The number of aromatic amines is 1. The summed E-state index contributed by atoms with van der Waals surface area (Å²) in [6.45, 7) is 4.00. The van der Waals surface area contributed by atoms with E-state index >= 15 is 0 Å². The van der Waals surface area contributed by atoms with Crippen molar-refractivity contribution in [3.8, 4) is 0 Å². The number of rotatable bonds is 5. The number of imidazole rings is 1. The average molecular weight is 533 g/mol. The lowest BCUT2D eigenvalue weighted by Gasteiger charge is -2.47. The first-order valence-corrected chi connectivity index (χ1v) is 14.1. The second kappa shape index (κ2) is 8.58. The molecule has 1 atom stereocenters. The molecule has 37 heavy (non-hydrogen) atoms. The maximum atomic E-state index is 6.99. The third kappa shape index (κ3) is 3.95. The van der Waals surface area contributed by atoms with Crippen LogP contribution in [0.2, 0.25) is 5.02 Å². The lowest BCUT2D eigenvalue weighted by molar-refractivity contribution is 0.114. The van der Waals surface area contributed by atoms with Crippen molar-refractivity contribution in [1.82, 2.24) is 24.9 Å². The van der Waals surface area contributed by atoms with Crippen LogP contribution >= 0.6 is 23.4 Å². The Balaban J connectivity index is 1.08. The van der Waals surface area contributed by atoms with Gasteiger partial charge in [0.1, 0.15) is 10.8 Å². The van der Waals surface area contributed by atoms with Crippen LogP contribution in [0.15, 0.2) is 52.6 Å². The number of nitrogens with zero attached hydrogens (tertiary/aromatic N) is 5. The highest BCUT2D eigenvalue weighted by Gasteiger charge is 2.53. The molecule has 0 amide bonds. The van der Waals surface area contributed by atoms with E-state index in [1.54, 1.807) is 12.4 Å². The van der Waals surface area contributed by atoms with Gasteiger partial charge in [0.05, 0.1) is 11.2 Å². The molecule has 1 saturated carbocycles. The summed E-state index contributed by atoms with van der Waals surface area (Å²) < 4.78 is 0. The number of hydrogen-bond acceptors (Lipinski definition) is 8. The molecular formula is C27H29ClN8S. The molecule has 4 aromatic rings. The van der Waals surface area contributed by atoms with Crippen molar-refractivity contribution in [1.29, 1.82) is 0 Å². The van der Waals surface area contributed by atoms with Crippen LogP contribution in [-0.2, 0) is 12.0 Å². The fraction of sp³-hybridized carbons (Fsp3) is 0.407. The predicted molar refractivity (Wildman–Crippen MR) is 147 cm³/mol. The summed E-state index contributed by atoms with van der Waals surface area (Å²) in [7, 11) is 0. The van der Waals surface area contributed by atoms with Crippen LogP contribution in [0.25, 0.3) is 11.3 Å². The summed E-state index contributed by atoms with van der Waals surface area (Å²) in [5.74, 6) is 1.55. The van der Waals surface area contributed by atoms with Crippen LogP contribution in [0.3, 0.4) is 0 Å². The lowest BCUT2D eigenvalue weighted by Crippen LogP contribution is -2.53. The van der Waals surface area contributed by atoms with Crippen LogP contribution in [-0.4, -0.2) is 44.1 Å². The zero-order chi connectivity index (χ0) is 25.2. The number of hydrogen-bond donors (Lipinski definition) is 3. The molecule has 4 N–H and O–H groups in total. The van der Waals surface area contributed by atoms with Gasteiger partial charge >= 0.3 is 0 Å². The van der Waals surface area contributed by atoms with Crippen molar-refractivity contribution in [3.05, 3.63) is 58.9 Å². The SMILES string of the molecule is C[C@@]1(N)c2ccccc2CC12CCN(c1nc3ncc(Sc4ccnc(NC5CC5)c4Cl)nc3[nH]1)CC2. The minimum atomic E-state index is -0.318. The molecule has 3 aromatic heterocycles. The molecule has 1 saturated heterocycles. The summed E-state index contributed by atoms with van der Waals surface area (Å²) in [6, 6.07) is 11.1. The maximum Gasteiger partial charge on any atom is 0.206 e. The quantitative estimate of drug-likeness (QED) is 0.324. The van der Waals surface area contributed by atoms with E-state index in [-0.39, 0.29) is 11.0 Å². The highest BCUT2D eigenvalue weighted by atomic mass is 35.5. The van der Waals surface area contributed by atoms with Crippen LogP contribution in [0.5, 0.6) is 0 Å².